The van der Waals surface area contributed by atoms with Crippen LogP contribution in [0.3, 0.4) is 0 Å². The number of carbonyl (C=O) groups excluding carboxylic acids is 1. The van der Waals surface area contributed by atoms with Crippen LogP contribution in [0.25, 0.3) is 0 Å². The van der Waals surface area contributed by atoms with Gasteiger partial charge in [-0.3, -0.25) is 4.79 Å². The Bertz CT molecular complexity index is 647. The first-order valence-corrected chi connectivity index (χ1v) is 8.54. The Hall–Kier alpha value is -1.36. The number of nitrogens with one attached hydrogen (secondary N) is 1. The van der Waals surface area contributed by atoms with Gasteiger partial charge in [0.1, 0.15) is 5.75 Å². The van der Waals surface area contributed by atoms with Crippen LogP contribution in [-0.2, 0) is 11.3 Å². The molecule has 3 nitrogen and oxygen atoms in total. The summed E-state index contributed by atoms with van der Waals surface area (Å²) in [7, 11) is 0. The Balaban J connectivity index is 1.80. The number of halogens is 2. The summed E-state index contributed by atoms with van der Waals surface area (Å²) in [5, 5.41) is 3.85. The lowest BCUT2D eigenvalue weighted by molar-refractivity contribution is -0.123. The average molecular weight is 356 g/mol. The maximum absolute atomic E-state index is 11.8. The van der Waals surface area contributed by atoms with E-state index in [9.17, 15) is 4.79 Å². The maximum Gasteiger partial charge on any atom is 0.258 e. The quantitative estimate of drug-likeness (QED) is 0.779. The largest absolute Gasteiger partial charge is 0.484 e. The summed E-state index contributed by atoms with van der Waals surface area (Å²) in [6.45, 7) is 0.299. The van der Waals surface area contributed by atoms with Gasteiger partial charge >= 0.3 is 0 Å². The predicted octanol–water partition coefficient (Wildman–Crippen LogP) is 4.41. The zero-order chi connectivity index (χ0) is 15.9. The number of amides is 1. The summed E-state index contributed by atoms with van der Waals surface area (Å²) in [6.07, 6.45) is 2.01. The predicted molar refractivity (Wildman–Crippen MR) is 92.0 cm³/mol. The van der Waals surface area contributed by atoms with Crippen molar-refractivity contribution in [1.29, 1.82) is 0 Å². The van der Waals surface area contributed by atoms with Gasteiger partial charge in [-0.25, -0.2) is 0 Å². The molecule has 0 fully saturated rings. The summed E-state index contributed by atoms with van der Waals surface area (Å²) in [4.78, 5) is 12.9. The topological polar surface area (TPSA) is 38.3 Å². The van der Waals surface area contributed by atoms with Gasteiger partial charge < -0.3 is 10.1 Å². The third-order valence-corrected chi connectivity index (χ3v) is 4.25. The summed E-state index contributed by atoms with van der Waals surface area (Å²) in [5.74, 6) is 0.456. The van der Waals surface area contributed by atoms with Crippen LogP contribution in [0, 0.1) is 0 Å². The normalized spacial score (nSPS) is 10.3. The molecule has 0 spiro atoms. The van der Waals surface area contributed by atoms with Crippen molar-refractivity contribution in [3.8, 4) is 5.75 Å². The molecule has 0 aromatic heterocycles. The molecule has 2 aromatic rings. The lowest BCUT2D eigenvalue weighted by Crippen LogP contribution is -2.28. The lowest BCUT2D eigenvalue weighted by atomic mass is 10.2. The highest BCUT2D eigenvalue weighted by atomic mass is 35.5. The van der Waals surface area contributed by atoms with Gasteiger partial charge in [0.25, 0.3) is 5.91 Å². The third-order valence-electron chi connectivity index (χ3n) is 2.92. The Kier molecular flexibility index (Phi) is 6.43. The van der Waals surface area contributed by atoms with Crippen LogP contribution in [0.2, 0.25) is 10.0 Å². The zero-order valence-corrected chi connectivity index (χ0v) is 14.3. The molecule has 0 bridgehead atoms. The van der Waals surface area contributed by atoms with E-state index in [1.165, 1.54) is 0 Å². The summed E-state index contributed by atoms with van der Waals surface area (Å²) in [5.41, 5.74) is 0.809. The van der Waals surface area contributed by atoms with Crippen molar-refractivity contribution < 1.29 is 9.53 Å². The van der Waals surface area contributed by atoms with Gasteiger partial charge in [0.15, 0.2) is 6.61 Å². The molecule has 0 saturated carbocycles. The van der Waals surface area contributed by atoms with Gasteiger partial charge in [-0.15, -0.1) is 11.8 Å². The lowest BCUT2D eigenvalue weighted by Gasteiger charge is -2.09. The van der Waals surface area contributed by atoms with Gasteiger partial charge in [-0.1, -0.05) is 29.3 Å². The van der Waals surface area contributed by atoms with E-state index in [1.807, 2.05) is 30.5 Å². The first-order valence-electron chi connectivity index (χ1n) is 6.56. The molecular weight excluding hydrogens is 341 g/mol. The van der Waals surface area contributed by atoms with Crippen molar-refractivity contribution in [2.45, 2.75) is 11.4 Å². The number of carbonyl (C=O) groups is 1. The smallest absolute Gasteiger partial charge is 0.258 e. The van der Waals surface area contributed by atoms with E-state index in [2.05, 4.69) is 5.32 Å². The number of thioether (sulfide) groups is 1. The molecule has 0 saturated heterocycles. The Morgan fingerprint density at radius 2 is 1.91 bits per heavy atom. The summed E-state index contributed by atoms with van der Waals surface area (Å²) in [6, 6.07) is 12.8. The molecule has 2 rings (SSSR count). The highest BCUT2D eigenvalue weighted by molar-refractivity contribution is 7.98. The van der Waals surface area contributed by atoms with Gasteiger partial charge in [0.05, 0.1) is 0 Å². The Labute approximate surface area is 144 Å². The van der Waals surface area contributed by atoms with E-state index in [-0.39, 0.29) is 12.5 Å². The number of rotatable bonds is 6. The van der Waals surface area contributed by atoms with Crippen molar-refractivity contribution in [3.63, 3.8) is 0 Å². The molecule has 1 amide bonds. The number of hydrogen-bond acceptors (Lipinski definition) is 3. The standard InChI is InChI=1S/C16H15Cl2NO2S/c1-22-14-6-4-13(5-7-14)21-10-16(20)19-9-11-2-3-12(17)8-15(11)18/h2-8H,9-10H2,1H3,(H,19,20). The second-order valence-corrected chi connectivity index (χ2v) is 6.20. The molecule has 1 N–H and O–H groups in total. The van der Waals surface area contributed by atoms with Crippen molar-refractivity contribution in [2.24, 2.45) is 0 Å². The molecule has 6 heteroatoms. The molecule has 0 aliphatic rings. The van der Waals surface area contributed by atoms with Crippen molar-refractivity contribution in [3.05, 3.63) is 58.1 Å². The van der Waals surface area contributed by atoms with Crippen LogP contribution in [-0.4, -0.2) is 18.8 Å². The molecule has 2 aromatic carbocycles. The van der Waals surface area contributed by atoms with Crippen LogP contribution in [0.1, 0.15) is 5.56 Å². The van der Waals surface area contributed by atoms with E-state index in [0.717, 1.165) is 10.5 Å². The van der Waals surface area contributed by atoms with Gasteiger partial charge in [0, 0.05) is 21.5 Å². The molecule has 0 aliphatic carbocycles. The first kappa shape index (κ1) is 17.0. The van der Waals surface area contributed by atoms with E-state index in [1.54, 1.807) is 30.0 Å². The SMILES string of the molecule is CSc1ccc(OCC(=O)NCc2ccc(Cl)cc2Cl)cc1. The number of benzene rings is 2. The second kappa shape index (κ2) is 8.32. The maximum atomic E-state index is 11.8. The molecule has 0 radical (unpaired) electrons. The monoisotopic (exact) mass is 355 g/mol. The van der Waals surface area contributed by atoms with Crippen molar-refractivity contribution in [1.82, 2.24) is 5.32 Å². The minimum absolute atomic E-state index is 0.0379. The molecule has 0 unspecified atom stereocenters. The zero-order valence-electron chi connectivity index (χ0n) is 11.9. The number of hydrogen-bond donors (Lipinski definition) is 1. The van der Waals surface area contributed by atoms with Crippen LogP contribution < -0.4 is 10.1 Å². The average Bonchev–Trinajstić information content (AvgIpc) is 2.52. The van der Waals surface area contributed by atoms with E-state index < -0.39 is 0 Å². The van der Waals surface area contributed by atoms with E-state index >= 15 is 0 Å². The van der Waals surface area contributed by atoms with Crippen LogP contribution in [0.4, 0.5) is 0 Å². The highest BCUT2D eigenvalue weighted by Crippen LogP contribution is 2.21. The minimum Gasteiger partial charge on any atom is -0.484 e. The summed E-state index contributed by atoms with van der Waals surface area (Å²) < 4.78 is 5.43. The molecule has 0 heterocycles. The molecule has 0 atom stereocenters. The van der Waals surface area contributed by atoms with Crippen molar-refractivity contribution in [2.75, 3.05) is 12.9 Å². The Morgan fingerprint density at radius 1 is 1.18 bits per heavy atom. The van der Waals surface area contributed by atoms with Gasteiger partial charge in [-0.05, 0) is 48.2 Å². The fourth-order valence-corrected chi connectivity index (χ4v) is 2.61. The molecule has 22 heavy (non-hydrogen) atoms. The van der Waals surface area contributed by atoms with Crippen LogP contribution in [0.5, 0.6) is 5.75 Å². The fraction of sp³-hybridized carbons (Fsp3) is 0.188. The van der Waals surface area contributed by atoms with Crippen LogP contribution in [0.15, 0.2) is 47.4 Å². The second-order valence-electron chi connectivity index (χ2n) is 4.48. The third kappa shape index (κ3) is 5.13. The Morgan fingerprint density at radius 3 is 2.55 bits per heavy atom. The fourth-order valence-electron chi connectivity index (χ4n) is 1.73. The van der Waals surface area contributed by atoms with E-state index in [0.29, 0.717) is 22.3 Å². The van der Waals surface area contributed by atoms with Gasteiger partial charge in [0.2, 0.25) is 0 Å². The minimum atomic E-state index is -0.208. The van der Waals surface area contributed by atoms with E-state index in [4.69, 9.17) is 27.9 Å². The van der Waals surface area contributed by atoms with Crippen LogP contribution >= 0.6 is 35.0 Å². The molecule has 116 valence electrons. The molecular formula is C16H15Cl2NO2S. The first-order chi connectivity index (χ1) is 10.6. The van der Waals surface area contributed by atoms with Gasteiger partial charge in [-0.2, -0.15) is 0 Å². The van der Waals surface area contributed by atoms with Crippen molar-refractivity contribution >= 4 is 40.9 Å². The summed E-state index contributed by atoms with van der Waals surface area (Å²) >= 11 is 13.5. The molecule has 0 aliphatic heterocycles. The highest BCUT2D eigenvalue weighted by Gasteiger charge is 2.06. The number of ether oxygens (including phenoxy) is 1.